The van der Waals surface area contributed by atoms with E-state index in [-0.39, 0.29) is 29.1 Å². The Kier molecular flexibility index (Phi) is 7.32. The number of nitro benzene ring substituents is 1. The summed E-state index contributed by atoms with van der Waals surface area (Å²) in [5.74, 6) is -3.79. The molecular formula is C24H27N3O11. The fourth-order valence-electron chi connectivity index (χ4n) is 5.26. The minimum atomic E-state index is -2.29. The van der Waals surface area contributed by atoms with Gasteiger partial charge in [-0.2, -0.15) is 0 Å². The van der Waals surface area contributed by atoms with Crippen LogP contribution in [0.4, 0.5) is 5.69 Å². The smallest absolute Gasteiger partial charge is 0.315 e. The number of ketones is 1. The molecule has 0 amide bonds. The number of non-ortho nitro benzene ring substituents is 1. The fourth-order valence-corrected chi connectivity index (χ4v) is 5.26. The Balaban J connectivity index is 1.80. The van der Waals surface area contributed by atoms with Crippen LogP contribution in [0.15, 0.2) is 40.5 Å². The van der Waals surface area contributed by atoms with Crippen molar-refractivity contribution >= 4 is 23.2 Å². The van der Waals surface area contributed by atoms with Gasteiger partial charge >= 0.3 is 5.97 Å². The molecule has 14 nitrogen and oxygen atoms in total. The van der Waals surface area contributed by atoms with E-state index in [2.05, 4.69) is 9.83 Å². The molecule has 2 unspecified atom stereocenters. The molecule has 14 heteroatoms. The Morgan fingerprint density at radius 1 is 1.21 bits per heavy atom. The third kappa shape index (κ3) is 4.77. The third-order valence-electron chi connectivity index (χ3n) is 6.80. The lowest BCUT2D eigenvalue weighted by atomic mass is 9.71. The molecule has 6 atom stereocenters. The van der Waals surface area contributed by atoms with Crippen LogP contribution in [0, 0.1) is 26.1 Å². The maximum absolute atomic E-state index is 14.1. The van der Waals surface area contributed by atoms with Gasteiger partial charge in [-0.15, -0.1) is 10.1 Å². The lowest BCUT2D eigenvalue weighted by Gasteiger charge is -2.35. The van der Waals surface area contributed by atoms with Crippen LogP contribution in [0.2, 0.25) is 0 Å². The predicted molar refractivity (Wildman–Crippen MR) is 128 cm³/mol. The number of esters is 1. The van der Waals surface area contributed by atoms with Crippen molar-refractivity contribution in [3.63, 3.8) is 0 Å². The van der Waals surface area contributed by atoms with Gasteiger partial charge in [0.15, 0.2) is 17.5 Å². The van der Waals surface area contributed by atoms with E-state index in [4.69, 9.17) is 14.2 Å². The lowest BCUT2D eigenvalue weighted by Crippen LogP contribution is -2.53. The first-order valence-corrected chi connectivity index (χ1v) is 11.9. The lowest BCUT2D eigenvalue weighted by molar-refractivity contribution is -0.769. The van der Waals surface area contributed by atoms with E-state index in [9.17, 15) is 34.9 Å². The van der Waals surface area contributed by atoms with E-state index in [0.29, 0.717) is 5.71 Å². The van der Waals surface area contributed by atoms with Crippen LogP contribution < -0.4 is 0 Å². The monoisotopic (exact) mass is 533 g/mol. The number of rotatable bonds is 8. The van der Waals surface area contributed by atoms with Gasteiger partial charge in [0.25, 0.3) is 10.8 Å². The number of nitro groups is 1. The second-order valence-electron chi connectivity index (χ2n) is 9.70. The Bertz CT molecular complexity index is 1240. The molecule has 204 valence electrons. The number of allylic oxidation sites excluding steroid dienone is 1. The number of carbonyl (C=O) groups excluding carboxylic acids is 2. The molecule has 0 aliphatic carbocycles. The number of aliphatic imine (C=N–C) groups is 1. The molecule has 3 heterocycles. The molecule has 1 aromatic carbocycles. The average molecular weight is 533 g/mol. The third-order valence-corrected chi connectivity index (χ3v) is 6.80. The molecule has 3 aliphatic heterocycles. The minimum Gasteiger partial charge on any atom is -0.462 e. The molecular weight excluding hydrogens is 506 g/mol. The number of benzene rings is 1. The zero-order valence-corrected chi connectivity index (χ0v) is 21.1. The van der Waals surface area contributed by atoms with Crippen LogP contribution >= 0.6 is 0 Å². The highest BCUT2D eigenvalue weighted by atomic mass is 17.0. The normalized spacial score (nSPS) is 30.6. The molecule has 38 heavy (non-hydrogen) atoms. The van der Waals surface area contributed by atoms with Crippen LogP contribution in [0.3, 0.4) is 0 Å². The zero-order chi connectivity index (χ0) is 27.9. The summed E-state index contributed by atoms with van der Waals surface area (Å²) in [5.41, 5.74) is -1.85. The molecule has 3 aliphatic rings. The molecule has 0 bridgehead atoms. The first-order chi connectivity index (χ1) is 17.8. The van der Waals surface area contributed by atoms with Crippen molar-refractivity contribution in [3.8, 4) is 0 Å². The van der Waals surface area contributed by atoms with Crippen LogP contribution in [0.1, 0.15) is 39.2 Å². The molecule has 0 aromatic heterocycles. The van der Waals surface area contributed by atoms with Gasteiger partial charge in [-0.1, -0.05) is 12.1 Å². The van der Waals surface area contributed by atoms with Crippen LogP contribution in [-0.4, -0.2) is 75.8 Å². The number of carbonyl (C=O) groups is 2. The molecule has 0 saturated carbocycles. The number of Topliss-reactive ketones (excluding diaryl/α,β-unsaturated/α-hetero) is 1. The molecule has 4 rings (SSSR count). The largest absolute Gasteiger partial charge is 0.462 e. The topological polar surface area (TPSA) is 190 Å². The van der Waals surface area contributed by atoms with Crippen molar-refractivity contribution in [2.75, 3.05) is 13.2 Å². The number of fused-ring (bicyclic) bond motifs is 1. The first-order valence-electron chi connectivity index (χ1n) is 11.9. The minimum absolute atomic E-state index is 0.0733. The molecule has 2 fully saturated rings. The molecule has 0 radical (unpaired) electrons. The van der Waals surface area contributed by atoms with Crippen molar-refractivity contribution in [2.24, 2.45) is 10.9 Å². The van der Waals surface area contributed by atoms with Gasteiger partial charge in [-0.25, -0.2) is 0 Å². The second-order valence-corrected chi connectivity index (χ2v) is 9.70. The van der Waals surface area contributed by atoms with Crippen LogP contribution in [-0.2, 0) is 28.6 Å². The number of aliphatic hydroxyl groups is 1. The number of hydrogen-bond acceptors (Lipinski definition) is 12. The van der Waals surface area contributed by atoms with Crippen LogP contribution in [0.5, 0.6) is 0 Å². The molecule has 0 spiro atoms. The second kappa shape index (κ2) is 10.2. The number of ether oxygens (including phenoxy) is 3. The summed E-state index contributed by atoms with van der Waals surface area (Å²) in [6, 6.07) is 5.50. The SMILES string of the molecule is CC1=NC(C)=C(C(=O)[C@]2(O)CO[C@@H]3[C@H](O[N+](=O)[O-])CO[C@@H]32)C(c2cccc([N+](=O)[O-])c2)C1C(=O)OC(C)C. The van der Waals surface area contributed by atoms with Crippen molar-refractivity contribution in [1.29, 1.82) is 0 Å². The van der Waals surface area contributed by atoms with E-state index in [1.807, 2.05) is 0 Å². The summed E-state index contributed by atoms with van der Waals surface area (Å²) in [5, 5.41) is 32.9. The van der Waals surface area contributed by atoms with Crippen LogP contribution in [0.25, 0.3) is 0 Å². The fraction of sp³-hybridized carbons (Fsp3) is 0.542. The summed E-state index contributed by atoms with van der Waals surface area (Å²) in [7, 11) is 0. The van der Waals surface area contributed by atoms with Crippen molar-refractivity contribution in [3.05, 3.63) is 61.3 Å². The van der Waals surface area contributed by atoms with Gasteiger partial charge in [0.2, 0.25) is 0 Å². The average Bonchev–Trinajstić information content (AvgIpc) is 3.39. The summed E-state index contributed by atoms with van der Waals surface area (Å²) < 4.78 is 16.5. The summed E-state index contributed by atoms with van der Waals surface area (Å²) in [6.07, 6.45) is -4.04. The summed E-state index contributed by atoms with van der Waals surface area (Å²) in [4.78, 5) is 58.1. The van der Waals surface area contributed by atoms with Crippen molar-refractivity contribution in [1.82, 2.24) is 0 Å². The van der Waals surface area contributed by atoms with Crippen molar-refractivity contribution in [2.45, 2.75) is 63.6 Å². The van der Waals surface area contributed by atoms with E-state index >= 15 is 0 Å². The maximum Gasteiger partial charge on any atom is 0.315 e. The Morgan fingerprint density at radius 2 is 1.92 bits per heavy atom. The standard InChI is InChI=1S/C24H27N3O11/c1-11(2)37-23(29)18-13(4)25-12(3)17(19(18)14-6-5-7-15(8-14)26(31)32)21(28)24(30)10-36-20-16(38-27(33)34)9-35-22(20)24/h5-8,11,16,18-20,22,30H,9-10H2,1-4H3/t16-,18?,19?,20-,22+,24-/m1/s1. The van der Waals surface area contributed by atoms with E-state index in [0.717, 1.165) is 0 Å². The van der Waals surface area contributed by atoms with E-state index in [1.54, 1.807) is 20.8 Å². The first kappa shape index (κ1) is 27.3. The van der Waals surface area contributed by atoms with Gasteiger partial charge in [0, 0.05) is 35.0 Å². The van der Waals surface area contributed by atoms with E-state index < -0.39 is 70.2 Å². The number of hydrogen-bond donors (Lipinski definition) is 1. The Labute approximate surface area is 216 Å². The van der Waals surface area contributed by atoms with Gasteiger partial charge in [0.05, 0.1) is 24.2 Å². The highest BCUT2D eigenvalue weighted by Crippen LogP contribution is 2.45. The Hall–Kier alpha value is -3.75. The van der Waals surface area contributed by atoms with E-state index in [1.165, 1.54) is 31.2 Å². The predicted octanol–water partition coefficient (Wildman–Crippen LogP) is 1.67. The van der Waals surface area contributed by atoms with Gasteiger partial charge in [-0.3, -0.25) is 24.7 Å². The zero-order valence-electron chi connectivity index (χ0n) is 21.1. The van der Waals surface area contributed by atoms with Gasteiger partial charge in [0.1, 0.15) is 18.1 Å². The molecule has 1 N–H and O–H groups in total. The van der Waals surface area contributed by atoms with Gasteiger partial charge in [-0.05, 0) is 33.3 Å². The molecule has 1 aromatic rings. The summed E-state index contributed by atoms with van der Waals surface area (Å²) in [6.45, 7) is 5.57. The number of nitrogens with zero attached hydrogens (tertiary/aromatic N) is 3. The highest BCUT2D eigenvalue weighted by molar-refractivity contribution is 6.11. The van der Waals surface area contributed by atoms with Crippen molar-refractivity contribution < 1.29 is 43.8 Å². The maximum atomic E-state index is 14.1. The highest BCUT2D eigenvalue weighted by Gasteiger charge is 2.62. The summed E-state index contributed by atoms with van der Waals surface area (Å²) >= 11 is 0. The molecule has 2 saturated heterocycles. The quantitative estimate of drug-likeness (QED) is 0.290. The Morgan fingerprint density at radius 3 is 2.55 bits per heavy atom. The van der Waals surface area contributed by atoms with Gasteiger partial charge < -0.3 is 24.2 Å².